The Labute approximate surface area is 135 Å². The third-order valence-corrected chi connectivity index (χ3v) is 7.34. The Morgan fingerprint density at radius 3 is 2.65 bits per heavy atom. The molecule has 0 aliphatic heterocycles. The number of rotatable bonds is 4. The Bertz CT molecular complexity index is 756. The van der Waals surface area contributed by atoms with Crippen molar-refractivity contribution in [2.45, 2.75) is 4.21 Å². The number of nitrogens with zero attached hydrogens (tertiary/aromatic N) is 1. The van der Waals surface area contributed by atoms with Gasteiger partial charge in [-0.15, -0.1) is 11.3 Å². The first kappa shape index (κ1) is 15.4. The molecule has 1 aromatic heterocycles. The summed E-state index contributed by atoms with van der Waals surface area (Å²) in [6.07, 6.45) is 0. The van der Waals surface area contributed by atoms with Crippen molar-refractivity contribution in [1.29, 1.82) is 0 Å². The summed E-state index contributed by atoms with van der Waals surface area (Å²) in [5, 5.41) is 1.72. The minimum absolute atomic E-state index is 0.231. The van der Waals surface area contributed by atoms with Gasteiger partial charge in [0.15, 0.2) is 4.21 Å². The smallest absolute Gasteiger partial charge is 0.274 e. The second-order valence-electron chi connectivity index (χ2n) is 3.94. The number of thiocarbonyl (C=S) groups is 1. The van der Waals surface area contributed by atoms with Gasteiger partial charge >= 0.3 is 0 Å². The molecule has 0 atom stereocenters. The highest BCUT2D eigenvalue weighted by Crippen LogP contribution is 2.32. The lowest BCUT2D eigenvalue weighted by Crippen LogP contribution is -2.26. The van der Waals surface area contributed by atoms with E-state index in [4.69, 9.17) is 18.0 Å². The molecule has 0 saturated heterocycles. The van der Waals surface area contributed by atoms with Crippen LogP contribution >= 0.6 is 39.5 Å². The topological polar surface area (TPSA) is 63.4 Å². The van der Waals surface area contributed by atoms with Crippen LogP contribution in [0.4, 0.5) is 5.69 Å². The van der Waals surface area contributed by atoms with E-state index in [0.29, 0.717) is 15.7 Å². The van der Waals surface area contributed by atoms with Crippen molar-refractivity contribution in [2.75, 3.05) is 11.4 Å². The van der Waals surface area contributed by atoms with E-state index in [1.165, 1.54) is 11.4 Å². The van der Waals surface area contributed by atoms with Gasteiger partial charge in [0, 0.05) is 17.1 Å². The van der Waals surface area contributed by atoms with E-state index in [1.807, 2.05) is 0 Å². The fourth-order valence-corrected chi connectivity index (χ4v) is 5.36. The Kier molecular flexibility index (Phi) is 4.48. The van der Waals surface area contributed by atoms with Crippen LogP contribution in [0.5, 0.6) is 0 Å². The van der Waals surface area contributed by atoms with Gasteiger partial charge in [0.1, 0.15) is 4.99 Å². The van der Waals surface area contributed by atoms with Crippen LogP contribution in [0.25, 0.3) is 0 Å². The summed E-state index contributed by atoms with van der Waals surface area (Å²) in [5.41, 5.74) is 6.71. The molecule has 106 valence electrons. The number of benzene rings is 1. The molecule has 0 unspecified atom stereocenters. The molecule has 2 N–H and O–H groups in total. The Hall–Kier alpha value is -0.960. The van der Waals surface area contributed by atoms with Crippen LogP contribution < -0.4 is 10.0 Å². The first-order valence-electron chi connectivity index (χ1n) is 5.46. The monoisotopic (exact) mass is 390 g/mol. The molecule has 1 aromatic carbocycles. The summed E-state index contributed by atoms with van der Waals surface area (Å²) < 4.78 is 27.1. The second-order valence-corrected chi connectivity index (χ2v) is 8.32. The van der Waals surface area contributed by atoms with E-state index in [9.17, 15) is 8.42 Å². The van der Waals surface area contributed by atoms with Crippen molar-refractivity contribution in [3.63, 3.8) is 0 Å². The SMILES string of the molecule is CN(c1cccc(C(N)=S)c1)S(=O)(=O)c1sccc1Br. The molecule has 2 rings (SSSR count). The minimum Gasteiger partial charge on any atom is -0.389 e. The normalized spacial score (nSPS) is 11.3. The minimum atomic E-state index is -3.60. The van der Waals surface area contributed by atoms with Crippen LogP contribution in [-0.2, 0) is 10.0 Å². The van der Waals surface area contributed by atoms with Gasteiger partial charge in [-0.05, 0) is 39.5 Å². The fraction of sp³-hybridized carbons (Fsp3) is 0.0833. The van der Waals surface area contributed by atoms with Gasteiger partial charge in [-0.1, -0.05) is 24.4 Å². The lowest BCUT2D eigenvalue weighted by atomic mass is 10.2. The number of anilines is 1. The van der Waals surface area contributed by atoms with Crippen LogP contribution in [0.15, 0.2) is 44.4 Å². The molecule has 0 bridgehead atoms. The number of hydrogen-bond acceptors (Lipinski definition) is 4. The largest absolute Gasteiger partial charge is 0.389 e. The summed E-state index contributed by atoms with van der Waals surface area (Å²) in [4.78, 5) is 0.231. The van der Waals surface area contributed by atoms with Gasteiger partial charge in [0.2, 0.25) is 0 Å². The molecule has 0 aliphatic rings. The van der Waals surface area contributed by atoms with Gasteiger partial charge < -0.3 is 5.73 Å². The van der Waals surface area contributed by atoms with Crippen LogP contribution in [0.3, 0.4) is 0 Å². The zero-order valence-electron chi connectivity index (χ0n) is 10.4. The molecule has 0 fully saturated rings. The van der Waals surface area contributed by atoms with Gasteiger partial charge in [0.25, 0.3) is 10.0 Å². The standard InChI is InChI=1S/C12H11BrN2O2S3/c1-15(9-4-2-3-8(7-9)11(14)18)20(16,17)12-10(13)5-6-19-12/h2-7H,1H3,(H2,14,18). The van der Waals surface area contributed by atoms with Crippen molar-refractivity contribution in [1.82, 2.24) is 0 Å². The van der Waals surface area contributed by atoms with Crippen molar-refractivity contribution in [3.05, 3.63) is 45.7 Å². The van der Waals surface area contributed by atoms with E-state index in [2.05, 4.69) is 15.9 Å². The van der Waals surface area contributed by atoms with Gasteiger partial charge in [-0.3, -0.25) is 4.31 Å². The molecular weight excluding hydrogens is 380 g/mol. The fourth-order valence-electron chi connectivity index (χ4n) is 1.58. The third-order valence-electron chi connectivity index (χ3n) is 2.67. The molecule has 0 spiro atoms. The first-order chi connectivity index (χ1) is 9.34. The number of nitrogens with two attached hydrogens (primary N) is 1. The van der Waals surface area contributed by atoms with Gasteiger partial charge in [-0.2, -0.15) is 0 Å². The Morgan fingerprint density at radius 1 is 1.40 bits per heavy atom. The van der Waals surface area contributed by atoms with Crippen molar-refractivity contribution in [2.24, 2.45) is 5.73 Å². The van der Waals surface area contributed by atoms with Gasteiger partial charge in [0.05, 0.1) is 5.69 Å². The van der Waals surface area contributed by atoms with Crippen LogP contribution in [0, 0.1) is 0 Å². The summed E-state index contributed by atoms with van der Waals surface area (Å²) in [6.45, 7) is 0. The summed E-state index contributed by atoms with van der Waals surface area (Å²) in [5.74, 6) is 0. The van der Waals surface area contributed by atoms with Crippen LogP contribution in [-0.4, -0.2) is 20.5 Å². The van der Waals surface area contributed by atoms with Crippen molar-refractivity contribution < 1.29 is 8.42 Å². The van der Waals surface area contributed by atoms with Crippen molar-refractivity contribution >= 4 is 60.2 Å². The number of hydrogen-bond donors (Lipinski definition) is 1. The average Bonchev–Trinajstić information content (AvgIpc) is 2.85. The molecule has 8 heteroatoms. The number of halogens is 1. The van der Waals surface area contributed by atoms with Crippen LogP contribution in [0.1, 0.15) is 5.56 Å². The molecule has 0 radical (unpaired) electrons. The van der Waals surface area contributed by atoms with Crippen molar-refractivity contribution in [3.8, 4) is 0 Å². The zero-order valence-corrected chi connectivity index (χ0v) is 14.4. The van der Waals surface area contributed by atoms with E-state index < -0.39 is 10.0 Å². The summed E-state index contributed by atoms with van der Waals surface area (Å²) in [6, 6.07) is 8.52. The maximum atomic E-state index is 12.5. The molecule has 0 aliphatic carbocycles. The predicted octanol–water partition coefficient (Wildman–Crippen LogP) is 2.97. The lowest BCUT2D eigenvalue weighted by Gasteiger charge is -2.19. The second kappa shape index (κ2) is 5.80. The maximum absolute atomic E-state index is 12.5. The van der Waals surface area contributed by atoms with E-state index in [1.54, 1.807) is 35.7 Å². The van der Waals surface area contributed by atoms with E-state index in [0.717, 1.165) is 11.3 Å². The molecular formula is C12H11BrN2O2S3. The highest BCUT2D eigenvalue weighted by molar-refractivity contribution is 9.10. The highest BCUT2D eigenvalue weighted by Gasteiger charge is 2.25. The lowest BCUT2D eigenvalue weighted by molar-refractivity contribution is 0.596. The molecule has 0 amide bonds. The summed E-state index contributed by atoms with van der Waals surface area (Å²) in [7, 11) is -2.10. The predicted molar refractivity (Wildman–Crippen MR) is 89.9 cm³/mol. The zero-order chi connectivity index (χ0) is 14.9. The Morgan fingerprint density at radius 2 is 2.10 bits per heavy atom. The quantitative estimate of drug-likeness (QED) is 0.814. The number of thiophene rings is 1. The van der Waals surface area contributed by atoms with Crippen LogP contribution in [0.2, 0.25) is 0 Å². The molecule has 2 aromatic rings. The summed E-state index contributed by atoms with van der Waals surface area (Å²) >= 11 is 9.31. The number of sulfonamides is 1. The molecule has 20 heavy (non-hydrogen) atoms. The highest BCUT2D eigenvalue weighted by atomic mass is 79.9. The molecule has 0 saturated carbocycles. The van der Waals surface area contributed by atoms with Gasteiger partial charge in [-0.25, -0.2) is 8.42 Å². The van der Waals surface area contributed by atoms with E-state index >= 15 is 0 Å². The van der Waals surface area contributed by atoms with E-state index in [-0.39, 0.29) is 9.20 Å². The molecule has 1 heterocycles. The first-order valence-corrected chi connectivity index (χ1v) is 8.98. The Balaban J connectivity index is 2.46. The average molecular weight is 391 g/mol. The third kappa shape index (κ3) is 2.88. The maximum Gasteiger partial charge on any atom is 0.274 e. The molecule has 4 nitrogen and oxygen atoms in total.